The van der Waals surface area contributed by atoms with Crippen molar-refractivity contribution in [2.24, 2.45) is 5.92 Å². The molecule has 0 aliphatic carbocycles. The van der Waals surface area contributed by atoms with Crippen LogP contribution in [0.1, 0.15) is 27.2 Å². The largest absolute Gasteiger partial charge is 0.0995 e. The Balaban J connectivity index is 4.63. The molecule has 1 atom stereocenters. The van der Waals surface area contributed by atoms with Crippen LogP contribution in [0.4, 0.5) is 0 Å². The molecule has 1 unspecified atom stereocenters. The fourth-order valence-electron chi connectivity index (χ4n) is 1.43. The summed E-state index contributed by atoms with van der Waals surface area (Å²) in [7, 11) is 0. The molecule has 15 heavy (non-hydrogen) atoms. The van der Waals surface area contributed by atoms with Crippen LogP contribution < -0.4 is 0 Å². The molecule has 0 aromatic heterocycles. The van der Waals surface area contributed by atoms with Crippen LogP contribution in [-0.4, -0.2) is 5.33 Å². The van der Waals surface area contributed by atoms with E-state index < -0.39 is 0 Å². The topological polar surface area (TPSA) is 0 Å². The van der Waals surface area contributed by atoms with Crippen molar-refractivity contribution >= 4 is 15.9 Å². The first-order valence-corrected chi connectivity index (χ1v) is 6.32. The summed E-state index contributed by atoms with van der Waals surface area (Å²) >= 11 is 3.42. The lowest BCUT2D eigenvalue weighted by Gasteiger charge is -2.16. The molecule has 0 radical (unpaired) electrons. The number of hydrogen-bond acceptors (Lipinski definition) is 0. The molecule has 0 aliphatic rings. The van der Waals surface area contributed by atoms with Crippen LogP contribution in [0, 0.1) is 5.92 Å². The Kier molecular flexibility index (Phi) is 7.41. The Morgan fingerprint density at radius 1 is 1.27 bits per heavy atom. The maximum atomic E-state index is 4.05. The van der Waals surface area contributed by atoms with E-state index in [9.17, 15) is 0 Å². The number of allylic oxidation sites excluding steroid dienone is 6. The molecule has 0 rings (SSSR count). The third-order valence-corrected chi connectivity index (χ3v) is 2.86. The highest BCUT2D eigenvalue weighted by Crippen LogP contribution is 2.23. The van der Waals surface area contributed by atoms with Gasteiger partial charge in [-0.3, -0.25) is 0 Å². The average molecular weight is 269 g/mol. The molecule has 0 aromatic carbocycles. The standard InChI is InChI=1S/C14H21Br/c1-6-12(4)7-8-14(11(2)3)13(5)9-10-15/h6-7,9,14H,1-2,8,10H2,3-5H3/b12-7+,13-9+. The minimum absolute atomic E-state index is 0.456. The minimum atomic E-state index is 0.456. The van der Waals surface area contributed by atoms with Crippen LogP contribution in [0.15, 0.2) is 48.1 Å². The van der Waals surface area contributed by atoms with Crippen LogP contribution >= 0.6 is 15.9 Å². The Morgan fingerprint density at radius 2 is 1.87 bits per heavy atom. The lowest BCUT2D eigenvalue weighted by molar-refractivity contribution is 0.724. The van der Waals surface area contributed by atoms with E-state index in [1.54, 1.807) is 0 Å². The minimum Gasteiger partial charge on any atom is -0.0995 e. The summed E-state index contributed by atoms with van der Waals surface area (Å²) in [4.78, 5) is 0. The quantitative estimate of drug-likeness (QED) is 0.360. The third kappa shape index (κ3) is 5.78. The summed E-state index contributed by atoms with van der Waals surface area (Å²) in [6.07, 6.45) is 7.33. The van der Waals surface area contributed by atoms with E-state index in [-0.39, 0.29) is 0 Å². The first kappa shape index (κ1) is 14.4. The van der Waals surface area contributed by atoms with E-state index in [4.69, 9.17) is 0 Å². The molecule has 0 saturated carbocycles. The van der Waals surface area contributed by atoms with Gasteiger partial charge in [-0.1, -0.05) is 64.0 Å². The van der Waals surface area contributed by atoms with E-state index in [0.29, 0.717) is 5.92 Å². The lowest BCUT2D eigenvalue weighted by atomic mass is 9.90. The Hall–Kier alpha value is -0.560. The van der Waals surface area contributed by atoms with Crippen LogP contribution in [0.3, 0.4) is 0 Å². The summed E-state index contributed by atoms with van der Waals surface area (Å²) in [5.74, 6) is 0.456. The predicted molar refractivity (Wildman–Crippen MR) is 74.4 cm³/mol. The molecule has 1 heteroatoms. The van der Waals surface area contributed by atoms with Crippen molar-refractivity contribution in [3.8, 4) is 0 Å². The van der Waals surface area contributed by atoms with Crippen molar-refractivity contribution in [3.63, 3.8) is 0 Å². The van der Waals surface area contributed by atoms with Crippen molar-refractivity contribution in [3.05, 3.63) is 48.1 Å². The summed E-state index contributed by atoms with van der Waals surface area (Å²) in [6.45, 7) is 14.1. The van der Waals surface area contributed by atoms with Gasteiger partial charge in [0.1, 0.15) is 0 Å². The van der Waals surface area contributed by atoms with Crippen molar-refractivity contribution in [1.29, 1.82) is 0 Å². The second-order valence-corrected chi connectivity index (χ2v) is 4.54. The van der Waals surface area contributed by atoms with Crippen molar-refractivity contribution < 1.29 is 0 Å². The van der Waals surface area contributed by atoms with Gasteiger partial charge in [0.15, 0.2) is 0 Å². The molecule has 0 spiro atoms. The SMILES string of the molecule is C=C/C(C)=C/CC(C(=C)C)/C(C)=C/CBr. The fraction of sp³-hybridized carbons (Fsp3) is 0.429. The maximum Gasteiger partial charge on any atom is 0.0214 e. The van der Waals surface area contributed by atoms with Gasteiger partial charge in [-0.2, -0.15) is 0 Å². The molecule has 0 heterocycles. The smallest absolute Gasteiger partial charge is 0.0214 e. The van der Waals surface area contributed by atoms with E-state index >= 15 is 0 Å². The van der Waals surface area contributed by atoms with Crippen LogP contribution in [0.5, 0.6) is 0 Å². The van der Waals surface area contributed by atoms with Crippen LogP contribution in [0.2, 0.25) is 0 Å². The number of halogens is 1. The second kappa shape index (κ2) is 7.70. The van der Waals surface area contributed by atoms with E-state index in [1.807, 2.05) is 6.08 Å². The van der Waals surface area contributed by atoms with Gasteiger partial charge in [-0.15, -0.1) is 0 Å². The molecular weight excluding hydrogens is 248 g/mol. The summed E-state index contributed by atoms with van der Waals surface area (Å²) in [5, 5.41) is 0.909. The van der Waals surface area contributed by atoms with Gasteiger partial charge in [0.05, 0.1) is 0 Å². The highest BCUT2D eigenvalue weighted by atomic mass is 79.9. The normalized spacial score (nSPS) is 14.9. The van der Waals surface area contributed by atoms with E-state index in [1.165, 1.54) is 16.7 Å². The fourth-order valence-corrected chi connectivity index (χ4v) is 1.94. The van der Waals surface area contributed by atoms with Crippen molar-refractivity contribution in [2.75, 3.05) is 5.33 Å². The zero-order valence-corrected chi connectivity index (χ0v) is 11.6. The van der Waals surface area contributed by atoms with Gasteiger partial charge >= 0.3 is 0 Å². The number of alkyl halides is 1. The molecular formula is C14H21Br. The molecule has 0 fully saturated rings. The number of rotatable bonds is 6. The van der Waals surface area contributed by atoms with Gasteiger partial charge in [-0.25, -0.2) is 0 Å². The maximum absolute atomic E-state index is 4.05. The molecule has 0 amide bonds. The third-order valence-electron chi connectivity index (χ3n) is 2.54. The monoisotopic (exact) mass is 268 g/mol. The van der Waals surface area contributed by atoms with Crippen LogP contribution in [-0.2, 0) is 0 Å². The predicted octanol–water partition coefficient (Wildman–Crippen LogP) is 5.04. The molecule has 84 valence electrons. The van der Waals surface area contributed by atoms with E-state index in [0.717, 1.165) is 11.8 Å². The summed E-state index contributed by atoms with van der Waals surface area (Å²) in [5.41, 5.74) is 3.83. The van der Waals surface area contributed by atoms with Gasteiger partial charge in [0, 0.05) is 11.2 Å². The Bertz CT molecular complexity index is 282. The highest BCUT2D eigenvalue weighted by Gasteiger charge is 2.09. The molecule has 0 N–H and O–H groups in total. The highest BCUT2D eigenvalue weighted by molar-refractivity contribution is 9.09. The van der Waals surface area contributed by atoms with Gasteiger partial charge in [0.25, 0.3) is 0 Å². The first-order valence-electron chi connectivity index (χ1n) is 5.20. The molecule has 0 aliphatic heterocycles. The Labute approximate surface area is 103 Å². The number of hydrogen-bond donors (Lipinski definition) is 0. The van der Waals surface area contributed by atoms with Gasteiger partial charge in [0.2, 0.25) is 0 Å². The van der Waals surface area contributed by atoms with E-state index in [2.05, 4.69) is 62.0 Å². The zero-order chi connectivity index (χ0) is 11.8. The first-order chi connectivity index (χ1) is 7.02. The lowest BCUT2D eigenvalue weighted by Crippen LogP contribution is -2.02. The molecule has 0 bridgehead atoms. The summed E-state index contributed by atoms with van der Waals surface area (Å²) < 4.78 is 0. The molecule has 0 nitrogen and oxygen atoms in total. The molecule has 0 saturated heterocycles. The molecule has 0 aromatic rings. The van der Waals surface area contributed by atoms with Gasteiger partial charge in [-0.05, 0) is 27.2 Å². The van der Waals surface area contributed by atoms with Crippen molar-refractivity contribution in [2.45, 2.75) is 27.2 Å². The van der Waals surface area contributed by atoms with Crippen LogP contribution in [0.25, 0.3) is 0 Å². The zero-order valence-electron chi connectivity index (χ0n) is 10.0. The summed E-state index contributed by atoms with van der Waals surface area (Å²) in [6, 6.07) is 0. The Morgan fingerprint density at radius 3 is 2.27 bits per heavy atom. The van der Waals surface area contributed by atoms with Crippen molar-refractivity contribution in [1.82, 2.24) is 0 Å². The average Bonchev–Trinajstić information content (AvgIpc) is 2.17. The second-order valence-electron chi connectivity index (χ2n) is 3.89. The van der Waals surface area contributed by atoms with Gasteiger partial charge < -0.3 is 0 Å².